The molecule has 0 aromatic heterocycles. The van der Waals surface area contributed by atoms with Crippen LogP contribution in [0.15, 0.2) is 70.8 Å². The minimum atomic E-state index is 0.793. The summed E-state index contributed by atoms with van der Waals surface area (Å²) < 4.78 is 0. The molecule has 0 saturated carbocycles. The third-order valence-electron chi connectivity index (χ3n) is 3.03. The fraction of sp³-hybridized carbons (Fsp3) is 0.118. The molecule has 0 spiro atoms. The van der Waals surface area contributed by atoms with Crippen molar-refractivity contribution in [3.05, 3.63) is 77.0 Å². The van der Waals surface area contributed by atoms with Crippen molar-refractivity contribution in [1.29, 1.82) is 0 Å². The van der Waals surface area contributed by atoms with E-state index in [1.54, 1.807) is 5.41 Å². The minimum Gasteiger partial charge on any atom is -0.329 e. The van der Waals surface area contributed by atoms with E-state index < -0.39 is 0 Å². The minimum absolute atomic E-state index is 0.793. The molecular weight excluding hydrogens is 264 g/mol. The van der Waals surface area contributed by atoms with Crippen molar-refractivity contribution in [3.8, 4) is 0 Å². The summed E-state index contributed by atoms with van der Waals surface area (Å²) in [6, 6.07) is 18.3. The van der Waals surface area contributed by atoms with Crippen LogP contribution in [0.5, 0.6) is 0 Å². The quantitative estimate of drug-likeness (QED) is 0.653. The zero-order chi connectivity index (χ0) is 14.4. The van der Waals surface area contributed by atoms with Gasteiger partial charge in [0.1, 0.15) is 5.82 Å². The monoisotopic (exact) mass is 282 g/mol. The van der Waals surface area contributed by atoms with Gasteiger partial charge in [0, 0.05) is 24.4 Å². The molecule has 0 bridgehead atoms. The molecule has 2 aromatic carbocycles. The van der Waals surface area contributed by atoms with Crippen molar-refractivity contribution in [2.75, 3.05) is 11.9 Å². The normalized spacial score (nSPS) is 11.8. The van der Waals surface area contributed by atoms with Crippen molar-refractivity contribution in [2.24, 2.45) is 4.99 Å². The second kappa shape index (κ2) is 6.96. The highest BCUT2D eigenvalue weighted by Crippen LogP contribution is 2.19. The standard InChI is InChI=1S/C17H18N2S/c1-14-8-10-16(11-9-14)19(2)17(13-20)18-12-15-6-4-3-5-7-15/h3-13,20H,1-2H3/b17-13+,18-12+. The van der Waals surface area contributed by atoms with E-state index in [1.807, 2.05) is 48.5 Å². The number of benzene rings is 2. The molecule has 0 heterocycles. The van der Waals surface area contributed by atoms with Gasteiger partial charge in [-0.3, -0.25) is 0 Å². The molecule has 0 fully saturated rings. The number of nitrogens with zero attached hydrogens (tertiary/aromatic N) is 2. The van der Waals surface area contributed by atoms with E-state index in [-0.39, 0.29) is 0 Å². The summed E-state index contributed by atoms with van der Waals surface area (Å²) in [5.74, 6) is 0.793. The van der Waals surface area contributed by atoms with Gasteiger partial charge in [0.25, 0.3) is 0 Å². The summed E-state index contributed by atoms with van der Waals surface area (Å²) in [5, 5.41) is 1.71. The van der Waals surface area contributed by atoms with Gasteiger partial charge in [-0.25, -0.2) is 4.99 Å². The van der Waals surface area contributed by atoms with Crippen LogP contribution in [0, 0.1) is 6.92 Å². The second-order valence-corrected chi connectivity index (χ2v) is 4.81. The zero-order valence-corrected chi connectivity index (χ0v) is 12.6. The summed E-state index contributed by atoms with van der Waals surface area (Å²) in [4.78, 5) is 6.50. The molecular formula is C17H18N2S. The van der Waals surface area contributed by atoms with Crippen LogP contribution in [0.3, 0.4) is 0 Å². The maximum absolute atomic E-state index is 4.50. The van der Waals surface area contributed by atoms with E-state index in [0.717, 1.165) is 17.1 Å². The van der Waals surface area contributed by atoms with E-state index >= 15 is 0 Å². The molecule has 3 heteroatoms. The molecule has 0 aliphatic rings. The molecule has 0 radical (unpaired) electrons. The van der Waals surface area contributed by atoms with Crippen molar-refractivity contribution in [2.45, 2.75) is 6.92 Å². The van der Waals surface area contributed by atoms with Crippen LogP contribution in [-0.2, 0) is 0 Å². The fourth-order valence-electron chi connectivity index (χ4n) is 1.79. The summed E-state index contributed by atoms with van der Waals surface area (Å²) in [6.45, 7) is 2.08. The Labute approximate surface area is 125 Å². The average molecular weight is 282 g/mol. The van der Waals surface area contributed by atoms with Gasteiger partial charge in [0.15, 0.2) is 0 Å². The highest BCUT2D eigenvalue weighted by Gasteiger charge is 2.04. The number of hydrogen-bond acceptors (Lipinski definition) is 3. The van der Waals surface area contributed by atoms with Crippen molar-refractivity contribution < 1.29 is 0 Å². The lowest BCUT2D eigenvalue weighted by Gasteiger charge is -2.19. The first-order chi connectivity index (χ1) is 9.70. The third-order valence-corrected chi connectivity index (χ3v) is 3.26. The lowest BCUT2D eigenvalue weighted by Crippen LogP contribution is -2.14. The smallest absolute Gasteiger partial charge is 0.138 e. The van der Waals surface area contributed by atoms with Gasteiger partial charge < -0.3 is 4.90 Å². The molecule has 2 rings (SSSR count). The topological polar surface area (TPSA) is 15.6 Å². The molecule has 102 valence electrons. The molecule has 2 nitrogen and oxygen atoms in total. The maximum atomic E-state index is 4.50. The van der Waals surface area contributed by atoms with Crippen LogP contribution in [0.25, 0.3) is 0 Å². The lowest BCUT2D eigenvalue weighted by molar-refractivity contribution is 1.07. The van der Waals surface area contributed by atoms with Crippen LogP contribution in [0.4, 0.5) is 5.69 Å². The van der Waals surface area contributed by atoms with E-state index in [2.05, 4.69) is 48.8 Å². The average Bonchev–Trinajstić information content (AvgIpc) is 2.49. The Kier molecular flexibility index (Phi) is 5.02. The highest BCUT2D eigenvalue weighted by molar-refractivity contribution is 7.83. The van der Waals surface area contributed by atoms with Crippen molar-refractivity contribution >= 4 is 24.5 Å². The first-order valence-corrected chi connectivity index (χ1v) is 6.96. The van der Waals surface area contributed by atoms with E-state index in [0.29, 0.717) is 0 Å². The van der Waals surface area contributed by atoms with Crippen molar-refractivity contribution in [1.82, 2.24) is 0 Å². The Morgan fingerprint density at radius 2 is 1.70 bits per heavy atom. The molecule has 20 heavy (non-hydrogen) atoms. The first kappa shape index (κ1) is 14.4. The van der Waals surface area contributed by atoms with Crippen molar-refractivity contribution in [3.63, 3.8) is 0 Å². The van der Waals surface area contributed by atoms with E-state index in [1.165, 1.54) is 5.56 Å². The van der Waals surface area contributed by atoms with Gasteiger partial charge in [0.2, 0.25) is 0 Å². The molecule has 0 atom stereocenters. The van der Waals surface area contributed by atoms with Crippen LogP contribution in [0.1, 0.15) is 11.1 Å². The predicted molar refractivity (Wildman–Crippen MR) is 90.7 cm³/mol. The fourth-order valence-corrected chi connectivity index (χ4v) is 2.03. The molecule has 0 aliphatic heterocycles. The van der Waals surface area contributed by atoms with Crippen LogP contribution in [0.2, 0.25) is 0 Å². The first-order valence-electron chi connectivity index (χ1n) is 6.44. The summed E-state index contributed by atoms with van der Waals surface area (Å²) in [5.41, 5.74) is 3.39. The van der Waals surface area contributed by atoms with Gasteiger partial charge in [-0.05, 0) is 24.6 Å². The number of rotatable bonds is 4. The van der Waals surface area contributed by atoms with Gasteiger partial charge in [-0.2, -0.15) is 0 Å². The summed E-state index contributed by atoms with van der Waals surface area (Å²) in [7, 11) is 1.98. The Balaban J connectivity index is 2.16. The van der Waals surface area contributed by atoms with E-state index in [9.17, 15) is 0 Å². The van der Waals surface area contributed by atoms with E-state index in [4.69, 9.17) is 0 Å². The zero-order valence-electron chi connectivity index (χ0n) is 11.7. The van der Waals surface area contributed by atoms with Gasteiger partial charge in [0.05, 0.1) is 0 Å². The summed E-state index contributed by atoms with van der Waals surface area (Å²) in [6.07, 6.45) is 1.84. The largest absolute Gasteiger partial charge is 0.329 e. The molecule has 0 N–H and O–H groups in total. The Morgan fingerprint density at radius 3 is 2.30 bits per heavy atom. The highest BCUT2D eigenvalue weighted by atomic mass is 32.1. The number of anilines is 1. The third kappa shape index (κ3) is 3.75. The molecule has 2 aromatic rings. The molecule has 0 aliphatic carbocycles. The maximum Gasteiger partial charge on any atom is 0.138 e. The Bertz CT molecular complexity index is 601. The SMILES string of the molecule is Cc1ccc(N(C)C(=C/S)/N=C/c2ccccc2)cc1. The van der Waals surface area contributed by atoms with Gasteiger partial charge >= 0.3 is 0 Å². The van der Waals surface area contributed by atoms with Crippen LogP contribution >= 0.6 is 12.6 Å². The van der Waals surface area contributed by atoms with Crippen LogP contribution < -0.4 is 4.90 Å². The number of thiol groups is 1. The second-order valence-electron chi connectivity index (χ2n) is 4.55. The number of aryl methyl sites for hydroxylation is 1. The summed E-state index contributed by atoms with van der Waals surface area (Å²) >= 11 is 4.25. The Morgan fingerprint density at radius 1 is 1.05 bits per heavy atom. The van der Waals surface area contributed by atoms with Gasteiger partial charge in [-0.15, -0.1) is 12.6 Å². The predicted octanol–water partition coefficient (Wildman–Crippen LogP) is 4.28. The molecule has 0 saturated heterocycles. The lowest BCUT2D eigenvalue weighted by atomic mass is 10.2. The van der Waals surface area contributed by atoms with Crippen LogP contribution in [-0.4, -0.2) is 13.3 Å². The number of hydrogen-bond donors (Lipinski definition) is 1. The number of aliphatic imine (C=N–C) groups is 1. The molecule has 0 unspecified atom stereocenters. The Hall–Kier alpha value is -2.00. The van der Waals surface area contributed by atoms with Gasteiger partial charge in [-0.1, -0.05) is 48.0 Å². The molecule has 0 amide bonds.